The Morgan fingerprint density at radius 3 is 2.21 bits per heavy atom. The fourth-order valence-corrected chi connectivity index (χ4v) is 5.16. The summed E-state index contributed by atoms with van der Waals surface area (Å²) in [6.07, 6.45) is 6.24. The van der Waals surface area contributed by atoms with Crippen LogP contribution in [0.15, 0.2) is 108 Å². The highest BCUT2D eigenvalue weighted by Crippen LogP contribution is 2.36. The van der Waals surface area contributed by atoms with E-state index in [-0.39, 0.29) is 11.5 Å². The summed E-state index contributed by atoms with van der Waals surface area (Å²) < 4.78 is 6.20. The molecule has 5 nitrogen and oxygen atoms in total. The molecule has 0 saturated carbocycles. The van der Waals surface area contributed by atoms with Gasteiger partial charge in [-0.15, -0.1) is 0 Å². The maximum atomic E-state index is 10.0. The maximum Gasteiger partial charge on any atom is 0.160 e. The van der Waals surface area contributed by atoms with Crippen LogP contribution in [0.5, 0.6) is 11.5 Å². The van der Waals surface area contributed by atoms with Crippen LogP contribution in [-0.2, 0) is 6.42 Å². The Hall–Kier alpha value is -5.16. The van der Waals surface area contributed by atoms with Crippen LogP contribution in [0.25, 0.3) is 62.1 Å². The highest BCUT2D eigenvalue weighted by atomic mass is 16.3. The Balaban J connectivity index is 1.37. The standard InChI is InChI=1S/C34H24N2O3/c37-30-16-14-23(18-31(30)38)22-9-6-10-25(17-22)34-35-28(21-7-2-1-3-8-21)20-29(36-34)24-13-15-27-26-11-4-5-12-32(26)39-33(27)19-24/h1-3,5-10,12-20,37-38H,4,11H2. The third-order valence-electron chi connectivity index (χ3n) is 7.18. The molecule has 188 valence electrons. The van der Waals surface area contributed by atoms with Crippen molar-refractivity contribution in [1.29, 1.82) is 0 Å². The number of aromatic nitrogens is 2. The Labute approximate surface area is 225 Å². The maximum absolute atomic E-state index is 10.0. The Morgan fingerprint density at radius 2 is 1.36 bits per heavy atom. The summed E-state index contributed by atoms with van der Waals surface area (Å²) in [6.45, 7) is 0. The Kier molecular flexibility index (Phi) is 5.48. The number of nitrogens with zero attached hydrogens (tertiary/aromatic N) is 2. The molecule has 39 heavy (non-hydrogen) atoms. The van der Waals surface area contributed by atoms with Crippen LogP contribution in [0.3, 0.4) is 0 Å². The van der Waals surface area contributed by atoms with Gasteiger partial charge in [-0.25, -0.2) is 9.97 Å². The van der Waals surface area contributed by atoms with Gasteiger partial charge in [0, 0.05) is 27.6 Å². The molecule has 0 bridgehead atoms. The molecule has 1 aliphatic carbocycles. The topological polar surface area (TPSA) is 79.4 Å². The lowest BCUT2D eigenvalue weighted by atomic mass is 9.99. The quantitative estimate of drug-likeness (QED) is 0.234. The second-order valence-electron chi connectivity index (χ2n) is 9.71. The van der Waals surface area contributed by atoms with Crippen LogP contribution in [-0.4, -0.2) is 20.2 Å². The lowest BCUT2D eigenvalue weighted by Crippen LogP contribution is -1.96. The summed E-state index contributed by atoms with van der Waals surface area (Å²) in [5, 5.41) is 20.9. The van der Waals surface area contributed by atoms with Gasteiger partial charge >= 0.3 is 0 Å². The Morgan fingerprint density at radius 1 is 0.615 bits per heavy atom. The van der Waals surface area contributed by atoms with Gasteiger partial charge in [-0.2, -0.15) is 0 Å². The normalized spacial score (nSPS) is 12.5. The van der Waals surface area contributed by atoms with Crippen molar-refractivity contribution < 1.29 is 14.6 Å². The van der Waals surface area contributed by atoms with Crippen LogP contribution in [0.4, 0.5) is 0 Å². The summed E-state index contributed by atoms with van der Waals surface area (Å²) in [4.78, 5) is 9.95. The van der Waals surface area contributed by atoms with Crippen LogP contribution in [0.1, 0.15) is 17.7 Å². The van der Waals surface area contributed by atoms with E-state index in [1.807, 2.05) is 60.7 Å². The molecule has 2 N–H and O–H groups in total. The molecule has 0 spiro atoms. The van der Waals surface area contributed by atoms with E-state index in [1.54, 1.807) is 12.1 Å². The smallest absolute Gasteiger partial charge is 0.160 e. The molecule has 6 aromatic rings. The van der Waals surface area contributed by atoms with Gasteiger partial charge in [-0.3, -0.25) is 0 Å². The summed E-state index contributed by atoms with van der Waals surface area (Å²) in [7, 11) is 0. The largest absolute Gasteiger partial charge is 0.504 e. The van der Waals surface area contributed by atoms with E-state index in [0.29, 0.717) is 5.82 Å². The van der Waals surface area contributed by atoms with Gasteiger partial charge in [0.05, 0.1) is 11.4 Å². The van der Waals surface area contributed by atoms with Gasteiger partial charge in [-0.05, 0) is 60.4 Å². The zero-order chi connectivity index (χ0) is 26.3. The first-order valence-corrected chi connectivity index (χ1v) is 12.9. The molecule has 0 atom stereocenters. The minimum Gasteiger partial charge on any atom is -0.504 e. The first-order chi connectivity index (χ1) is 19.1. The minimum absolute atomic E-state index is 0.149. The first-order valence-electron chi connectivity index (χ1n) is 12.9. The van der Waals surface area contributed by atoms with E-state index in [1.165, 1.54) is 11.6 Å². The molecule has 0 unspecified atom stereocenters. The van der Waals surface area contributed by atoms with Gasteiger partial charge in [-0.1, -0.05) is 72.8 Å². The molecule has 0 fully saturated rings. The second kappa shape index (κ2) is 9.30. The summed E-state index contributed by atoms with van der Waals surface area (Å²) in [6, 6.07) is 31.1. The second-order valence-corrected chi connectivity index (χ2v) is 9.71. The third-order valence-corrected chi connectivity index (χ3v) is 7.18. The summed E-state index contributed by atoms with van der Waals surface area (Å²) in [5.74, 6) is 1.23. The average Bonchev–Trinajstić information content (AvgIpc) is 3.37. The number of phenols is 2. The molecule has 1 aliphatic rings. The van der Waals surface area contributed by atoms with Crippen molar-refractivity contribution in [3.05, 3.63) is 114 Å². The van der Waals surface area contributed by atoms with E-state index in [4.69, 9.17) is 14.4 Å². The van der Waals surface area contributed by atoms with E-state index in [0.717, 1.165) is 68.8 Å². The van der Waals surface area contributed by atoms with Gasteiger partial charge in [0.1, 0.15) is 11.3 Å². The van der Waals surface area contributed by atoms with Crippen molar-refractivity contribution in [3.63, 3.8) is 0 Å². The molecule has 7 rings (SSSR count). The molecule has 0 saturated heterocycles. The number of furan rings is 1. The number of fused-ring (bicyclic) bond motifs is 3. The van der Waals surface area contributed by atoms with E-state index < -0.39 is 0 Å². The lowest BCUT2D eigenvalue weighted by Gasteiger charge is -2.11. The first kappa shape index (κ1) is 23.0. The summed E-state index contributed by atoms with van der Waals surface area (Å²) >= 11 is 0. The number of hydrogen-bond donors (Lipinski definition) is 2. The highest BCUT2D eigenvalue weighted by Gasteiger charge is 2.17. The minimum atomic E-state index is -0.159. The molecule has 0 amide bonds. The predicted molar refractivity (Wildman–Crippen MR) is 154 cm³/mol. The molecule has 4 aromatic carbocycles. The number of allylic oxidation sites excluding steroid dienone is 1. The number of aryl methyl sites for hydroxylation is 1. The fourth-order valence-electron chi connectivity index (χ4n) is 5.16. The van der Waals surface area contributed by atoms with Crippen molar-refractivity contribution >= 4 is 17.0 Å². The number of rotatable bonds is 4. The van der Waals surface area contributed by atoms with Crippen molar-refractivity contribution in [1.82, 2.24) is 9.97 Å². The van der Waals surface area contributed by atoms with E-state index in [2.05, 4.69) is 30.4 Å². The van der Waals surface area contributed by atoms with Gasteiger partial charge in [0.25, 0.3) is 0 Å². The van der Waals surface area contributed by atoms with Crippen molar-refractivity contribution in [2.75, 3.05) is 0 Å². The van der Waals surface area contributed by atoms with Crippen LogP contribution >= 0.6 is 0 Å². The number of aromatic hydroxyl groups is 2. The highest BCUT2D eigenvalue weighted by molar-refractivity contribution is 5.89. The number of hydrogen-bond acceptors (Lipinski definition) is 5. The Bertz CT molecular complexity index is 1890. The lowest BCUT2D eigenvalue weighted by molar-refractivity contribution is 0.404. The molecule has 0 aliphatic heterocycles. The van der Waals surface area contributed by atoms with Crippen molar-refractivity contribution in [3.8, 4) is 56.5 Å². The molecule has 0 radical (unpaired) electrons. The molecule has 2 aromatic heterocycles. The van der Waals surface area contributed by atoms with Gasteiger partial charge < -0.3 is 14.6 Å². The van der Waals surface area contributed by atoms with E-state index >= 15 is 0 Å². The van der Waals surface area contributed by atoms with E-state index in [9.17, 15) is 10.2 Å². The molecule has 2 heterocycles. The van der Waals surface area contributed by atoms with Crippen LogP contribution in [0.2, 0.25) is 0 Å². The SMILES string of the molecule is Oc1ccc(-c2cccc(-c3nc(-c4ccccc4)cc(-c4ccc5c6c(oc5c4)C=CCC6)n3)c2)cc1O. The zero-order valence-electron chi connectivity index (χ0n) is 21.0. The van der Waals surface area contributed by atoms with Crippen LogP contribution in [0, 0.1) is 0 Å². The average molecular weight is 509 g/mol. The number of benzene rings is 4. The molecule has 5 heteroatoms. The fraction of sp³-hybridized carbons (Fsp3) is 0.0588. The third kappa shape index (κ3) is 4.24. The van der Waals surface area contributed by atoms with Gasteiger partial charge in [0.2, 0.25) is 0 Å². The van der Waals surface area contributed by atoms with Crippen molar-refractivity contribution in [2.45, 2.75) is 12.8 Å². The predicted octanol–water partition coefficient (Wildman–Crippen LogP) is 8.26. The van der Waals surface area contributed by atoms with Crippen molar-refractivity contribution in [2.24, 2.45) is 0 Å². The molecular weight excluding hydrogens is 484 g/mol. The van der Waals surface area contributed by atoms with Crippen LogP contribution < -0.4 is 0 Å². The van der Waals surface area contributed by atoms with Gasteiger partial charge in [0.15, 0.2) is 17.3 Å². The monoisotopic (exact) mass is 508 g/mol. The molecular formula is C34H24N2O3. The zero-order valence-corrected chi connectivity index (χ0v) is 21.0. The summed E-state index contributed by atoms with van der Waals surface area (Å²) in [5.41, 5.74) is 8.23. The number of phenolic OH excluding ortho intramolecular Hbond substituents is 2.